The van der Waals surface area contributed by atoms with E-state index in [-0.39, 0.29) is 5.91 Å². The van der Waals surface area contributed by atoms with Crippen molar-refractivity contribution in [2.24, 2.45) is 0 Å². The highest BCUT2D eigenvalue weighted by atomic mass is 35.5. The fourth-order valence-corrected chi connectivity index (χ4v) is 3.98. The fourth-order valence-electron chi connectivity index (χ4n) is 3.76. The minimum absolute atomic E-state index is 0.136. The van der Waals surface area contributed by atoms with Crippen LogP contribution in [0.1, 0.15) is 10.4 Å². The minimum Gasteiger partial charge on any atom is -0.480 e. The van der Waals surface area contributed by atoms with Crippen molar-refractivity contribution in [3.05, 3.63) is 53.2 Å². The molecule has 3 heterocycles. The number of anilines is 3. The van der Waals surface area contributed by atoms with Gasteiger partial charge in [-0.25, -0.2) is 4.98 Å². The van der Waals surface area contributed by atoms with E-state index in [9.17, 15) is 4.79 Å². The van der Waals surface area contributed by atoms with Gasteiger partial charge in [0.2, 0.25) is 11.8 Å². The molecule has 0 atom stereocenters. The zero-order valence-electron chi connectivity index (χ0n) is 18.6. The number of imidazole rings is 1. The van der Waals surface area contributed by atoms with Crippen LogP contribution in [0.3, 0.4) is 0 Å². The van der Waals surface area contributed by atoms with E-state index in [1.165, 1.54) is 4.90 Å². The van der Waals surface area contributed by atoms with Gasteiger partial charge in [-0.15, -0.1) is 0 Å². The number of nitrogens with zero attached hydrogens (tertiary/aromatic N) is 4. The standard InChI is InChI=1S/C23H21ClN8O2/c1-32(2)21(33)12-5-6-15(14(24)8-12)29-23-30-19-18(20(31-23)34-3)13(10-26-19)11-4-7-16-17(9-11)28-22(25)27-16/h4-10H,1-3H3,(H3,25,27,28)(H2,26,29,30,31). The van der Waals surface area contributed by atoms with Crippen LogP contribution in [0.5, 0.6) is 5.88 Å². The van der Waals surface area contributed by atoms with Gasteiger partial charge >= 0.3 is 0 Å². The van der Waals surface area contributed by atoms with Gasteiger partial charge < -0.3 is 30.7 Å². The average molecular weight is 477 g/mol. The van der Waals surface area contributed by atoms with E-state index in [0.29, 0.717) is 39.7 Å². The number of nitrogens with two attached hydrogens (primary N) is 1. The van der Waals surface area contributed by atoms with Crippen LogP contribution >= 0.6 is 11.6 Å². The van der Waals surface area contributed by atoms with E-state index in [1.807, 2.05) is 24.4 Å². The molecule has 10 nitrogen and oxygen atoms in total. The van der Waals surface area contributed by atoms with E-state index in [2.05, 4.69) is 30.2 Å². The van der Waals surface area contributed by atoms with Gasteiger partial charge in [0.15, 0.2) is 5.95 Å². The van der Waals surface area contributed by atoms with Gasteiger partial charge in [0.05, 0.1) is 34.2 Å². The highest BCUT2D eigenvalue weighted by Crippen LogP contribution is 2.36. The number of halogens is 1. The van der Waals surface area contributed by atoms with E-state index < -0.39 is 0 Å². The summed E-state index contributed by atoms with van der Waals surface area (Å²) in [7, 11) is 4.92. The highest BCUT2D eigenvalue weighted by molar-refractivity contribution is 6.33. The summed E-state index contributed by atoms with van der Waals surface area (Å²) in [5, 5.41) is 4.21. The second kappa shape index (κ2) is 8.23. The SMILES string of the molecule is COc1nc(Nc2ccc(C(=O)N(C)C)cc2Cl)nc2[nH]cc(-c3ccc4nc(N)[nH]c4c3)c12. The lowest BCUT2D eigenvalue weighted by molar-refractivity contribution is 0.0827. The number of nitrogens with one attached hydrogen (secondary N) is 3. The predicted octanol–water partition coefficient (Wildman–Crippen LogP) is 4.19. The Hall–Kier alpha value is -4.31. The lowest BCUT2D eigenvalue weighted by Gasteiger charge is -2.13. The summed E-state index contributed by atoms with van der Waals surface area (Å²) in [4.78, 5) is 33.3. The quantitative estimate of drug-likeness (QED) is 0.298. The van der Waals surface area contributed by atoms with Crippen molar-refractivity contribution in [1.82, 2.24) is 29.8 Å². The van der Waals surface area contributed by atoms with Gasteiger partial charge in [-0.05, 0) is 35.9 Å². The Kier molecular flexibility index (Phi) is 5.21. The number of aromatic nitrogens is 5. The largest absolute Gasteiger partial charge is 0.480 e. The van der Waals surface area contributed by atoms with Crippen molar-refractivity contribution in [2.45, 2.75) is 0 Å². The number of fused-ring (bicyclic) bond motifs is 2. The second-order valence-corrected chi connectivity index (χ2v) is 8.26. The molecule has 34 heavy (non-hydrogen) atoms. The van der Waals surface area contributed by atoms with Gasteiger partial charge in [-0.3, -0.25) is 4.79 Å². The number of rotatable bonds is 5. The van der Waals surface area contributed by atoms with Gasteiger partial charge in [0, 0.05) is 31.4 Å². The molecule has 5 aromatic rings. The van der Waals surface area contributed by atoms with Crippen LogP contribution in [0.4, 0.5) is 17.6 Å². The van der Waals surface area contributed by atoms with E-state index in [1.54, 1.807) is 39.4 Å². The van der Waals surface area contributed by atoms with Crippen LogP contribution in [-0.4, -0.2) is 56.9 Å². The Bertz CT molecular complexity index is 1560. The van der Waals surface area contributed by atoms with Gasteiger partial charge in [0.1, 0.15) is 5.65 Å². The lowest BCUT2D eigenvalue weighted by Crippen LogP contribution is -2.21. The van der Waals surface area contributed by atoms with Crippen LogP contribution < -0.4 is 15.8 Å². The third-order valence-electron chi connectivity index (χ3n) is 5.37. The molecule has 1 amide bonds. The monoisotopic (exact) mass is 476 g/mol. The number of carbonyl (C=O) groups excluding carboxylic acids is 1. The Morgan fingerprint density at radius 1 is 1.15 bits per heavy atom. The van der Waals surface area contributed by atoms with Crippen molar-refractivity contribution in [2.75, 3.05) is 32.3 Å². The zero-order chi connectivity index (χ0) is 24.0. The summed E-state index contributed by atoms with van der Waals surface area (Å²) in [5.41, 5.74) is 10.8. The third-order valence-corrected chi connectivity index (χ3v) is 5.68. The maximum absolute atomic E-state index is 12.2. The molecule has 0 fully saturated rings. The number of H-pyrrole nitrogens is 2. The van der Waals surface area contributed by atoms with Crippen molar-refractivity contribution in [3.8, 4) is 17.0 Å². The first kappa shape index (κ1) is 21.5. The first-order valence-corrected chi connectivity index (χ1v) is 10.7. The first-order valence-electron chi connectivity index (χ1n) is 10.3. The lowest BCUT2D eigenvalue weighted by atomic mass is 10.1. The van der Waals surface area contributed by atoms with Gasteiger partial charge in [-0.1, -0.05) is 17.7 Å². The molecule has 0 spiro atoms. The molecule has 172 valence electrons. The number of methoxy groups -OCH3 is 1. The summed E-state index contributed by atoms with van der Waals surface area (Å²) < 4.78 is 5.59. The molecular weight excluding hydrogens is 456 g/mol. The molecule has 2 aromatic carbocycles. The van der Waals surface area contributed by atoms with Crippen LogP contribution in [-0.2, 0) is 0 Å². The number of aromatic amines is 2. The fraction of sp³-hybridized carbons (Fsp3) is 0.130. The van der Waals surface area contributed by atoms with Crippen LogP contribution in [0, 0.1) is 0 Å². The highest BCUT2D eigenvalue weighted by Gasteiger charge is 2.18. The number of benzene rings is 2. The molecule has 11 heteroatoms. The summed E-state index contributed by atoms with van der Waals surface area (Å²) in [6, 6.07) is 10.8. The molecule has 0 aliphatic rings. The van der Waals surface area contributed by atoms with E-state index >= 15 is 0 Å². The van der Waals surface area contributed by atoms with Crippen LogP contribution in [0.25, 0.3) is 33.2 Å². The molecular formula is C23H21ClN8O2. The molecule has 0 aliphatic heterocycles. The number of hydrogen-bond acceptors (Lipinski definition) is 7. The number of hydrogen-bond donors (Lipinski definition) is 4. The molecule has 5 rings (SSSR count). The summed E-state index contributed by atoms with van der Waals surface area (Å²) in [6.07, 6.45) is 1.85. The minimum atomic E-state index is -0.136. The maximum atomic E-state index is 12.2. The summed E-state index contributed by atoms with van der Waals surface area (Å²) >= 11 is 6.41. The summed E-state index contributed by atoms with van der Waals surface area (Å²) in [6.45, 7) is 0. The van der Waals surface area contributed by atoms with Crippen molar-refractivity contribution >= 4 is 57.2 Å². The molecule has 0 saturated heterocycles. The van der Waals surface area contributed by atoms with E-state index in [4.69, 9.17) is 22.1 Å². The van der Waals surface area contributed by atoms with Crippen molar-refractivity contribution in [1.29, 1.82) is 0 Å². The molecule has 0 saturated carbocycles. The Balaban J connectivity index is 1.52. The topological polar surface area (TPSA) is 138 Å². The number of amides is 1. The van der Waals surface area contributed by atoms with E-state index in [0.717, 1.165) is 27.5 Å². The predicted molar refractivity (Wildman–Crippen MR) is 133 cm³/mol. The van der Waals surface area contributed by atoms with Gasteiger partial charge in [-0.2, -0.15) is 9.97 Å². The van der Waals surface area contributed by atoms with Crippen LogP contribution in [0.2, 0.25) is 5.02 Å². The zero-order valence-corrected chi connectivity index (χ0v) is 19.4. The van der Waals surface area contributed by atoms with Crippen LogP contribution in [0.15, 0.2) is 42.6 Å². The van der Waals surface area contributed by atoms with Gasteiger partial charge in [0.25, 0.3) is 5.91 Å². The number of carbonyl (C=O) groups is 1. The summed E-state index contributed by atoms with van der Waals surface area (Å²) in [5.74, 6) is 0.912. The third kappa shape index (κ3) is 3.73. The smallest absolute Gasteiger partial charge is 0.253 e. The molecule has 0 radical (unpaired) electrons. The molecule has 5 N–H and O–H groups in total. The molecule has 0 unspecified atom stereocenters. The maximum Gasteiger partial charge on any atom is 0.253 e. The molecule has 0 bridgehead atoms. The Morgan fingerprint density at radius 3 is 2.71 bits per heavy atom. The molecule has 3 aromatic heterocycles. The Morgan fingerprint density at radius 2 is 1.97 bits per heavy atom. The second-order valence-electron chi connectivity index (χ2n) is 7.86. The normalized spacial score (nSPS) is 11.2. The Labute approximate surface area is 199 Å². The average Bonchev–Trinajstić information content (AvgIpc) is 3.41. The molecule has 0 aliphatic carbocycles. The first-order chi connectivity index (χ1) is 16.3. The van der Waals surface area contributed by atoms with Crippen molar-refractivity contribution in [3.63, 3.8) is 0 Å². The van der Waals surface area contributed by atoms with Crippen molar-refractivity contribution < 1.29 is 9.53 Å². The number of ether oxygens (including phenoxy) is 1. The number of nitrogen functional groups attached to an aromatic ring is 1.